The smallest absolute Gasteiger partial charge is 0.328 e. The van der Waals surface area contributed by atoms with Crippen LogP contribution in [0.25, 0.3) is 0 Å². The zero-order chi connectivity index (χ0) is 12.6. The highest BCUT2D eigenvalue weighted by atomic mass is 19.4. The molecule has 1 amide bonds. The minimum absolute atomic E-state index is 0.116. The molecule has 1 atom stereocenters. The number of likely N-dealkylation sites (tertiary alicyclic amines) is 1. The van der Waals surface area contributed by atoms with Crippen molar-refractivity contribution in [3.63, 3.8) is 0 Å². The van der Waals surface area contributed by atoms with E-state index in [0.717, 1.165) is 0 Å². The van der Waals surface area contributed by atoms with Gasteiger partial charge in [0, 0.05) is 12.5 Å². The molecule has 0 bridgehead atoms. The van der Waals surface area contributed by atoms with Crippen LogP contribution in [-0.2, 0) is 4.79 Å². The summed E-state index contributed by atoms with van der Waals surface area (Å²) in [6, 6.07) is 0. The minimum atomic E-state index is -5.10. The lowest BCUT2D eigenvalue weighted by Gasteiger charge is -2.17. The molecule has 1 saturated heterocycles. The highest BCUT2D eigenvalue weighted by Crippen LogP contribution is 2.37. The Labute approximate surface area is 88.7 Å². The Morgan fingerprint density at radius 2 is 2.06 bits per heavy atom. The number of hydrogen-bond donors (Lipinski definition) is 0. The third-order valence-electron chi connectivity index (χ3n) is 2.42. The lowest BCUT2D eigenvalue weighted by atomic mass is 10.0. The van der Waals surface area contributed by atoms with E-state index in [1.54, 1.807) is 0 Å². The van der Waals surface area contributed by atoms with Crippen LogP contribution in [0.5, 0.6) is 0 Å². The first-order chi connectivity index (χ1) is 7.18. The van der Waals surface area contributed by atoms with Crippen LogP contribution in [-0.4, -0.2) is 36.0 Å². The van der Waals surface area contributed by atoms with Crippen LogP contribution in [0.2, 0.25) is 0 Å². The predicted octanol–water partition coefficient (Wildman–Crippen LogP) is 2.22. The summed E-state index contributed by atoms with van der Waals surface area (Å²) in [5.74, 6) is -6.77. The summed E-state index contributed by atoms with van der Waals surface area (Å²) in [7, 11) is 0. The van der Waals surface area contributed by atoms with Crippen LogP contribution in [0.3, 0.4) is 0 Å². The molecule has 1 fully saturated rings. The van der Waals surface area contributed by atoms with Gasteiger partial charge in [-0.05, 0) is 6.42 Å². The van der Waals surface area contributed by atoms with E-state index in [9.17, 15) is 26.7 Å². The van der Waals surface area contributed by atoms with Crippen LogP contribution in [0.15, 0.2) is 12.7 Å². The fourth-order valence-corrected chi connectivity index (χ4v) is 1.63. The first-order valence-corrected chi connectivity index (χ1v) is 4.53. The Hall–Kier alpha value is -1.14. The van der Waals surface area contributed by atoms with Crippen LogP contribution in [0, 0.1) is 5.92 Å². The summed E-state index contributed by atoms with van der Waals surface area (Å²) in [5.41, 5.74) is 0. The van der Waals surface area contributed by atoms with Gasteiger partial charge in [-0.3, -0.25) is 4.79 Å². The number of rotatable bonds is 2. The summed E-state index contributed by atoms with van der Waals surface area (Å²) in [6.45, 7) is 1.49. The second kappa shape index (κ2) is 4.03. The maximum absolute atomic E-state index is 13.2. The van der Waals surface area contributed by atoms with Gasteiger partial charge in [-0.15, -0.1) is 6.58 Å². The molecule has 0 aromatic rings. The molecule has 0 radical (unpaired) electrons. The number of alkyl halides is 5. The Morgan fingerprint density at radius 3 is 2.50 bits per heavy atom. The standard InChI is InChI=1S/C9H10F5NO/c1-2-3-6-4-15(5-8(6,10)11)7(16)9(12,13)14/h2,6H,1,3-5H2. The van der Waals surface area contributed by atoms with Crippen molar-refractivity contribution in [2.45, 2.75) is 18.5 Å². The van der Waals surface area contributed by atoms with E-state index in [4.69, 9.17) is 0 Å². The molecule has 7 heteroatoms. The monoisotopic (exact) mass is 243 g/mol. The minimum Gasteiger partial charge on any atom is -0.328 e. The molecule has 0 saturated carbocycles. The van der Waals surface area contributed by atoms with Gasteiger partial charge in [-0.2, -0.15) is 13.2 Å². The molecule has 16 heavy (non-hydrogen) atoms. The molecule has 0 aliphatic carbocycles. The van der Waals surface area contributed by atoms with Gasteiger partial charge in [0.15, 0.2) is 0 Å². The molecule has 92 valence electrons. The van der Waals surface area contributed by atoms with Gasteiger partial charge >= 0.3 is 12.1 Å². The van der Waals surface area contributed by atoms with Gasteiger partial charge in [0.2, 0.25) is 0 Å². The number of halogens is 5. The number of carbonyl (C=O) groups is 1. The van der Waals surface area contributed by atoms with E-state index < -0.39 is 37.0 Å². The highest BCUT2D eigenvalue weighted by Gasteiger charge is 2.53. The zero-order valence-corrected chi connectivity index (χ0v) is 8.23. The van der Waals surface area contributed by atoms with E-state index in [2.05, 4.69) is 6.58 Å². The Balaban J connectivity index is 2.76. The Kier molecular flexibility index (Phi) is 3.25. The average molecular weight is 243 g/mol. The maximum Gasteiger partial charge on any atom is 0.471 e. The SMILES string of the molecule is C=CCC1CN(C(=O)C(F)(F)F)CC1(F)F. The zero-order valence-electron chi connectivity index (χ0n) is 8.23. The van der Waals surface area contributed by atoms with Gasteiger partial charge in [-0.1, -0.05) is 6.08 Å². The third-order valence-corrected chi connectivity index (χ3v) is 2.42. The van der Waals surface area contributed by atoms with Crippen LogP contribution in [0.4, 0.5) is 22.0 Å². The summed E-state index contributed by atoms with van der Waals surface area (Å²) >= 11 is 0. The first kappa shape index (κ1) is 12.9. The highest BCUT2D eigenvalue weighted by molar-refractivity contribution is 5.82. The number of amides is 1. The van der Waals surface area contributed by atoms with Crippen LogP contribution in [0.1, 0.15) is 6.42 Å². The quantitative estimate of drug-likeness (QED) is 0.538. The molecule has 0 aromatic heterocycles. The molecule has 1 heterocycles. The van der Waals surface area contributed by atoms with Crippen molar-refractivity contribution in [2.24, 2.45) is 5.92 Å². The van der Waals surface area contributed by atoms with Gasteiger partial charge in [0.1, 0.15) is 0 Å². The van der Waals surface area contributed by atoms with E-state index in [1.165, 1.54) is 6.08 Å². The fraction of sp³-hybridized carbons (Fsp3) is 0.667. The topological polar surface area (TPSA) is 20.3 Å². The van der Waals surface area contributed by atoms with Gasteiger partial charge in [-0.25, -0.2) is 8.78 Å². The van der Waals surface area contributed by atoms with Crippen molar-refractivity contribution >= 4 is 5.91 Å². The maximum atomic E-state index is 13.2. The second-order valence-corrected chi connectivity index (χ2v) is 3.67. The Bertz CT molecular complexity index is 299. The number of carbonyl (C=O) groups excluding carboxylic acids is 1. The Morgan fingerprint density at radius 1 is 1.50 bits per heavy atom. The number of nitrogens with zero attached hydrogens (tertiary/aromatic N) is 1. The predicted molar refractivity (Wildman–Crippen MR) is 45.9 cm³/mol. The van der Waals surface area contributed by atoms with Crippen molar-refractivity contribution in [1.29, 1.82) is 0 Å². The lowest BCUT2D eigenvalue weighted by Crippen LogP contribution is -2.40. The third kappa shape index (κ3) is 2.51. The molecular weight excluding hydrogens is 233 g/mol. The molecule has 0 aromatic carbocycles. The van der Waals surface area contributed by atoms with Gasteiger partial charge in [0.25, 0.3) is 5.92 Å². The van der Waals surface area contributed by atoms with E-state index in [0.29, 0.717) is 0 Å². The number of hydrogen-bond acceptors (Lipinski definition) is 1. The summed E-state index contributed by atoms with van der Waals surface area (Å²) < 4.78 is 62.4. The lowest BCUT2D eigenvalue weighted by molar-refractivity contribution is -0.185. The van der Waals surface area contributed by atoms with Crippen LogP contribution >= 0.6 is 0 Å². The number of allylic oxidation sites excluding steroid dienone is 1. The van der Waals surface area contributed by atoms with Crippen molar-refractivity contribution in [2.75, 3.05) is 13.1 Å². The molecule has 2 nitrogen and oxygen atoms in total. The molecule has 1 rings (SSSR count). The van der Waals surface area contributed by atoms with E-state index in [-0.39, 0.29) is 11.3 Å². The molecule has 1 unspecified atom stereocenters. The average Bonchev–Trinajstić information content (AvgIpc) is 2.40. The fourth-order valence-electron chi connectivity index (χ4n) is 1.63. The van der Waals surface area contributed by atoms with Gasteiger partial charge in [0.05, 0.1) is 6.54 Å². The summed E-state index contributed by atoms with van der Waals surface area (Å²) in [4.78, 5) is 10.9. The molecule has 1 aliphatic rings. The summed E-state index contributed by atoms with van der Waals surface area (Å²) in [6.07, 6.45) is -4.01. The van der Waals surface area contributed by atoms with Crippen molar-refractivity contribution in [1.82, 2.24) is 4.90 Å². The molecular formula is C9H10F5NO. The van der Waals surface area contributed by atoms with Crippen LogP contribution < -0.4 is 0 Å². The first-order valence-electron chi connectivity index (χ1n) is 4.53. The summed E-state index contributed by atoms with van der Waals surface area (Å²) in [5, 5.41) is 0. The van der Waals surface area contributed by atoms with E-state index in [1.807, 2.05) is 0 Å². The van der Waals surface area contributed by atoms with Crippen molar-refractivity contribution < 1.29 is 26.7 Å². The van der Waals surface area contributed by atoms with E-state index >= 15 is 0 Å². The normalized spacial score (nSPS) is 24.6. The largest absolute Gasteiger partial charge is 0.471 e. The molecule has 1 aliphatic heterocycles. The van der Waals surface area contributed by atoms with Gasteiger partial charge < -0.3 is 4.90 Å². The van der Waals surface area contributed by atoms with Crippen molar-refractivity contribution in [3.8, 4) is 0 Å². The molecule has 0 spiro atoms. The molecule has 0 N–H and O–H groups in total. The second-order valence-electron chi connectivity index (χ2n) is 3.67. The van der Waals surface area contributed by atoms with Crippen molar-refractivity contribution in [3.05, 3.63) is 12.7 Å².